The summed E-state index contributed by atoms with van der Waals surface area (Å²) >= 11 is 6.12. The molecule has 3 aliphatic rings. The second kappa shape index (κ2) is 9.40. The summed E-state index contributed by atoms with van der Waals surface area (Å²) in [4.78, 5) is 31.6. The van der Waals surface area contributed by atoms with Crippen LogP contribution in [0, 0.1) is 23.2 Å². The second-order valence-electron chi connectivity index (χ2n) is 10.3. The van der Waals surface area contributed by atoms with Gasteiger partial charge in [0, 0.05) is 29.7 Å². The van der Waals surface area contributed by atoms with E-state index in [4.69, 9.17) is 16.3 Å². The van der Waals surface area contributed by atoms with Crippen molar-refractivity contribution < 1.29 is 14.3 Å². The molecule has 38 heavy (non-hydrogen) atoms. The first kappa shape index (κ1) is 24.4. The molecular formula is C27H26ClN7O3. The first-order valence-corrected chi connectivity index (χ1v) is 13.0. The maximum atomic E-state index is 12.8. The zero-order valence-corrected chi connectivity index (χ0v) is 21.7. The number of nitrogens with zero attached hydrogens (tertiary/aromatic N) is 6. The summed E-state index contributed by atoms with van der Waals surface area (Å²) in [7, 11) is 1.56. The number of ether oxygens (including phenoxy) is 1. The van der Waals surface area contributed by atoms with E-state index in [0.29, 0.717) is 34.6 Å². The van der Waals surface area contributed by atoms with Crippen LogP contribution in [-0.4, -0.2) is 51.5 Å². The number of rotatable bonds is 7. The van der Waals surface area contributed by atoms with Crippen LogP contribution in [0.3, 0.4) is 0 Å². The molecule has 2 aliphatic carbocycles. The largest absolute Gasteiger partial charge is 0.493 e. The SMILES string of the molecule is COc1cc([C@@H](C)n2cc(C(=O)N[C@H]3C[C@@H](c4cc(Cl)ccc4C#N)C3)nn2)cnc1N1C[C@H]2C[C@H]2C1=O. The lowest BCUT2D eigenvalue weighted by Crippen LogP contribution is -2.43. The number of methoxy groups -OCH3 is 1. The highest BCUT2D eigenvalue weighted by Gasteiger charge is 2.53. The maximum absolute atomic E-state index is 12.8. The van der Waals surface area contributed by atoms with Crippen molar-refractivity contribution in [2.24, 2.45) is 11.8 Å². The van der Waals surface area contributed by atoms with Crippen molar-refractivity contribution in [3.63, 3.8) is 0 Å². The standard InChI is InChI=1S/C27H26ClN7O3/c1-14(17-8-24(38-2)25(30-11-17)34-12-18-7-22(18)27(34)37)35-13-23(32-33-35)26(36)31-20-5-16(6-20)21-9-19(28)4-3-15(21)10-29/h3-4,8-9,11,13-14,16,18,20,22H,5-7,12H2,1-2H3,(H,31,36)/t14-,16-,18-,20+,22-/m1/s1. The summed E-state index contributed by atoms with van der Waals surface area (Å²) < 4.78 is 7.17. The molecular weight excluding hydrogens is 506 g/mol. The van der Waals surface area contributed by atoms with Crippen molar-refractivity contribution in [3.05, 3.63) is 64.1 Å². The Morgan fingerprint density at radius 2 is 2.11 bits per heavy atom. The number of piperidine rings is 1. The quantitative estimate of drug-likeness (QED) is 0.494. The summed E-state index contributed by atoms with van der Waals surface area (Å²) in [6.45, 7) is 2.61. The van der Waals surface area contributed by atoms with Crippen molar-refractivity contribution in [1.82, 2.24) is 25.3 Å². The Kier molecular flexibility index (Phi) is 6.03. The minimum absolute atomic E-state index is 0.0130. The fourth-order valence-corrected chi connectivity index (χ4v) is 5.63. The van der Waals surface area contributed by atoms with Gasteiger partial charge in [-0.05, 0) is 73.4 Å². The molecule has 194 valence electrons. The van der Waals surface area contributed by atoms with E-state index in [1.807, 2.05) is 19.1 Å². The van der Waals surface area contributed by atoms with Gasteiger partial charge in [-0.1, -0.05) is 16.8 Å². The van der Waals surface area contributed by atoms with Crippen molar-refractivity contribution in [1.29, 1.82) is 5.26 Å². The number of anilines is 1. The molecule has 1 saturated heterocycles. The third kappa shape index (κ3) is 4.27. The van der Waals surface area contributed by atoms with E-state index in [9.17, 15) is 14.9 Å². The number of carbonyl (C=O) groups is 2. The lowest BCUT2D eigenvalue weighted by molar-refractivity contribution is -0.118. The molecule has 10 nitrogen and oxygen atoms in total. The van der Waals surface area contributed by atoms with E-state index in [2.05, 4.69) is 26.7 Å². The molecule has 3 atom stereocenters. The number of hydrogen-bond donors (Lipinski definition) is 1. The van der Waals surface area contributed by atoms with Gasteiger partial charge in [-0.15, -0.1) is 5.10 Å². The Bertz CT molecular complexity index is 1480. The number of amides is 2. The van der Waals surface area contributed by atoms with Gasteiger partial charge in [0.05, 0.1) is 31.0 Å². The van der Waals surface area contributed by atoms with E-state index >= 15 is 0 Å². The molecule has 0 spiro atoms. The highest BCUT2D eigenvalue weighted by Crippen LogP contribution is 2.48. The van der Waals surface area contributed by atoms with Crippen LogP contribution in [0.15, 0.2) is 36.7 Å². The molecule has 11 heteroatoms. The van der Waals surface area contributed by atoms with E-state index in [1.54, 1.807) is 41.2 Å². The third-order valence-electron chi connectivity index (χ3n) is 7.92. The van der Waals surface area contributed by atoms with Gasteiger partial charge in [-0.3, -0.25) is 14.5 Å². The zero-order valence-electron chi connectivity index (χ0n) is 21.0. The second-order valence-corrected chi connectivity index (χ2v) is 10.7. The summed E-state index contributed by atoms with van der Waals surface area (Å²) in [5, 5.41) is 21.2. The van der Waals surface area contributed by atoms with Gasteiger partial charge in [0.2, 0.25) is 5.91 Å². The average Bonchev–Trinajstić information content (AvgIpc) is 3.36. The van der Waals surface area contributed by atoms with Gasteiger partial charge in [0.15, 0.2) is 17.3 Å². The van der Waals surface area contributed by atoms with Crippen LogP contribution < -0.4 is 15.0 Å². The van der Waals surface area contributed by atoms with Gasteiger partial charge in [0.25, 0.3) is 5.91 Å². The molecule has 3 aromatic rings. The number of fused-ring (bicyclic) bond motifs is 1. The van der Waals surface area contributed by atoms with E-state index in [0.717, 1.165) is 30.4 Å². The summed E-state index contributed by atoms with van der Waals surface area (Å²) in [6, 6.07) is 9.07. The zero-order chi connectivity index (χ0) is 26.6. The van der Waals surface area contributed by atoms with Crippen molar-refractivity contribution in [2.75, 3.05) is 18.6 Å². The van der Waals surface area contributed by atoms with Gasteiger partial charge in [0.1, 0.15) is 0 Å². The van der Waals surface area contributed by atoms with Crippen LogP contribution in [0.5, 0.6) is 5.75 Å². The Hall–Kier alpha value is -3.97. The Morgan fingerprint density at radius 1 is 1.29 bits per heavy atom. The molecule has 1 N–H and O–H groups in total. The number of pyridine rings is 1. The Labute approximate surface area is 224 Å². The van der Waals surface area contributed by atoms with Crippen LogP contribution >= 0.6 is 11.6 Å². The van der Waals surface area contributed by atoms with Crippen LogP contribution in [0.4, 0.5) is 5.82 Å². The number of halogens is 1. The maximum Gasteiger partial charge on any atom is 0.273 e. The molecule has 3 heterocycles. The molecule has 1 aromatic carbocycles. The number of benzene rings is 1. The molecule has 0 unspecified atom stereocenters. The summed E-state index contributed by atoms with van der Waals surface area (Å²) in [5.41, 5.74) is 2.57. The van der Waals surface area contributed by atoms with Gasteiger partial charge in [-0.2, -0.15) is 5.26 Å². The molecule has 0 bridgehead atoms. The molecule has 2 aromatic heterocycles. The number of nitrogens with one attached hydrogen (secondary N) is 1. The fraction of sp³-hybridized carbons (Fsp3) is 0.407. The van der Waals surface area contributed by atoms with Crippen molar-refractivity contribution >= 4 is 29.2 Å². The van der Waals surface area contributed by atoms with Crippen molar-refractivity contribution in [3.8, 4) is 11.8 Å². The minimum atomic E-state index is -0.296. The van der Waals surface area contributed by atoms with E-state index < -0.39 is 0 Å². The van der Waals surface area contributed by atoms with Crippen LogP contribution in [0.25, 0.3) is 0 Å². The lowest BCUT2D eigenvalue weighted by Gasteiger charge is -2.36. The Balaban J connectivity index is 1.09. The molecule has 2 saturated carbocycles. The first-order chi connectivity index (χ1) is 18.4. The predicted molar refractivity (Wildman–Crippen MR) is 138 cm³/mol. The highest BCUT2D eigenvalue weighted by atomic mass is 35.5. The normalized spacial score (nSPS) is 24.3. The van der Waals surface area contributed by atoms with Crippen molar-refractivity contribution in [2.45, 2.75) is 44.2 Å². The van der Waals surface area contributed by atoms with Gasteiger partial charge >= 0.3 is 0 Å². The monoisotopic (exact) mass is 531 g/mol. The van der Waals surface area contributed by atoms with Gasteiger partial charge in [-0.25, -0.2) is 9.67 Å². The average molecular weight is 532 g/mol. The number of hydrogen-bond acceptors (Lipinski definition) is 7. The Morgan fingerprint density at radius 3 is 2.82 bits per heavy atom. The van der Waals surface area contributed by atoms with Crippen LogP contribution in [0.1, 0.15) is 65.3 Å². The smallest absolute Gasteiger partial charge is 0.273 e. The fourth-order valence-electron chi connectivity index (χ4n) is 5.45. The minimum Gasteiger partial charge on any atom is -0.493 e. The molecule has 3 fully saturated rings. The molecule has 6 rings (SSSR count). The highest BCUT2D eigenvalue weighted by molar-refractivity contribution is 6.30. The van der Waals surface area contributed by atoms with E-state index in [1.165, 1.54) is 0 Å². The van der Waals surface area contributed by atoms with Crippen LogP contribution in [-0.2, 0) is 4.79 Å². The molecule has 1 aliphatic heterocycles. The predicted octanol–water partition coefficient (Wildman–Crippen LogP) is 3.47. The van der Waals surface area contributed by atoms with Crippen LogP contribution in [0.2, 0.25) is 5.02 Å². The molecule has 2 amide bonds. The first-order valence-electron chi connectivity index (χ1n) is 12.6. The molecule has 0 radical (unpaired) electrons. The topological polar surface area (TPSA) is 126 Å². The van der Waals surface area contributed by atoms with E-state index in [-0.39, 0.29) is 41.4 Å². The lowest BCUT2D eigenvalue weighted by atomic mass is 9.74. The number of nitriles is 1. The summed E-state index contributed by atoms with van der Waals surface area (Å²) in [6.07, 6.45) is 5.74. The third-order valence-corrected chi connectivity index (χ3v) is 8.16. The summed E-state index contributed by atoms with van der Waals surface area (Å²) in [5.74, 6) is 1.64. The number of aromatic nitrogens is 4. The number of carbonyl (C=O) groups excluding carboxylic acids is 2. The van der Waals surface area contributed by atoms with Gasteiger partial charge < -0.3 is 10.1 Å².